The number of halogens is 1. The lowest BCUT2D eigenvalue weighted by Crippen LogP contribution is -2.45. The van der Waals surface area contributed by atoms with E-state index in [1.165, 1.54) is 36.4 Å². The highest BCUT2D eigenvalue weighted by atomic mass is 32.2. The number of nitrogens with zero attached hydrogens (tertiary/aromatic N) is 1. The zero-order valence-electron chi connectivity index (χ0n) is 19.0. The molecule has 10 heteroatoms. The van der Waals surface area contributed by atoms with E-state index in [1.54, 1.807) is 12.1 Å². The fourth-order valence-electron chi connectivity index (χ4n) is 3.50. The van der Waals surface area contributed by atoms with Gasteiger partial charge in [0.25, 0.3) is 10.0 Å². The molecule has 1 heterocycles. The Morgan fingerprint density at radius 2 is 1.74 bits per heavy atom. The molecule has 0 spiro atoms. The number of hydrogen-bond acceptors (Lipinski definition) is 6. The Labute approximate surface area is 203 Å². The number of fused-ring (bicyclic) bond motifs is 1. The van der Waals surface area contributed by atoms with Gasteiger partial charge in [-0.1, -0.05) is 12.1 Å². The maximum atomic E-state index is 13.5. The highest BCUT2D eigenvalue weighted by Crippen LogP contribution is 2.30. The number of rotatable bonds is 9. The number of anilines is 1. The first-order chi connectivity index (χ1) is 16.9. The molecule has 1 N–H and O–H groups in total. The van der Waals surface area contributed by atoms with Crippen LogP contribution in [0.3, 0.4) is 0 Å². The minimum absolute atomic E-state index is 0.0290. The fraction of sp³-hybridized carbons (Fsp3) is 0.240. The van der Waals surface area contributed by atoms with Gasteiger partial charge in [0.05, 0.1) is 23.7 Å². The van der Waals surface area contributed by atoms with Crippen LogP contribution < -0.4 is 23.8 Å². The van der Waals surface area contributed by atoms with Gasteiger partial charge in [0.1, 0.15) is 30.8 Å². The van der Waals surface area contributed by atoms with Gasteiger partial charge in [-0.15, -0.1) is 0 Å². The molecule has 184 valence electrons. The Balaban J connectivity index is 1.49. The summed E-state index contributed by atoms with van der Waals surface area (Å²) in [5, 5.41) is 2.70. The van der Waals surface area contributed by atoms with E-state index in [2.05, 4.69) is 5.32 Å². The maximum Gasteiger partial charge on any atom is 0.264 e. The summed E-state index contributed by atoms with van der Waals surface area (Å²) >= 11 is 0. The Kier molecular flexibility index (Phi) is 7.40. The highest BCUT2D eigenvalue weighted by molar-refractivity contribution is 7.92. The maximum absolute atomic E-state index is 13.5. The van der Waals surface area contributed by atoms with Gasteiger partial charge in [-0.3, -0.25) is 9.10 Å². The van der Waals surface area contributed by atoms with Crippen LogP contribution in [0.5, 0.6) is 17.2 Å². The van der Waals surface area contributed by atoms with Gasteiger partial charge in [-0.25, -0.2) is 12.8 Å². The van der Waals surface area contributed by atoms with Crippen molar-refractivity contribution in [2.75, 3.05) is 30.6 Å². The molecular weight excluding hydrogens is 475 g/mol. The molecule has 0 bridgehead atoms. The van der Waals surface area contributed by atoms with Gasteiger partial charge < -0.3 is 19.5 Å². The summed E-state index contributed by atoms with van der Waals surface area (Å²) in [4.78, 5) is 12.8. The lowest BCUT2D eigenvalue weighted by Gasteiger charge is -2.27. The molecule has 0 saturated heterocycles. The summed E-state index contributed by atoms with van der Waals surface area (Å²) in [5.74, 6) is 0.648. The van der Waals surface area contributed by atoms with Crippen LogP contribution in [0.4, 0.5) is 10.1 Å². The number of carbonyl (C=O) groups excluding carboxylic acids is 1. The van der Waals surface area contributed by atoms with Gasteiger partial charge in [0, 0.05) is 0 Å². The third-order valence-electron chi connectivity index (χ3n) is 5.22. The second-order valence-electron chi connectivity index (χ2n) is 7.69. The third-order valence-corrected chi connectivity index (χ3v) is 7.01. The highest BCUT2D eigenvalue weighted by Gasteiger charge is 2.28. The molecule has 1 atom stereocenters. The average Bonchev–Trinajstić information content (AvgIpc) is 2.87. The van der Waals surface area contributed by atoms with Crippen molar-refractivity contribution in [1.29, 1.82) is 0 Å². The molecule has 0 radical (unpaired) electrons. The topological polar surface area (TPSA) is 94.2 Å². The molecule has 1 amide bonds. The van der Waals surface area contributed by atoms with Crippen molar-refractivity contribution in [2.45, 2.75) is 17.9 Å². The lowest BCUT2D eigenvalue weighted by molar-refractivity contribution is -0.120. The minimum Gasteiger partial charge on any atom is -0.494 e. The second kappa shape index (κ2) is 10.6. The van der Waals surface area contributed by atoms with Gasteiger partial charge >= 0.3 is 0 Å². The van der Waals surface area contributed by atoms with Crippen LogP contribution in [-0.2, 0) is 14.8 Å². The van der Waals surface area contributed by atoms with E-state index in [-0.39, 0.29) is 23.7 Å². The quantitative estimate of drug-likeness (QED) is 0.484. The standard InChI is InChI=1S/C25H25FN2O6S/c1-2-32-20-11-13-22(14-12-20)35(30,31)28(19-9-7-18(26)8-10-19)16-25(29)27-15-21-17-33-23-5-3-4-6-24(23)34-21/h3-14,21H,2,15-17H2,1H3,(H,27,29)/t21-/m0/s1. The summed E-state index contributed by atoms with van der Waals surface area (Å²) < 4.78 is 58.1. The molecule has 0 fully saturated rings. The van der Waals surface area contributed by atoms with Crippen LogP contribution in [0, 0.1) is 5.82 Å². The molecule has 0 unspecified atom stereocenters. The van der Waals surface area contributed by atoms with Crippen molar-refractivity contribution < 1.29 is 31.8 Å². The van der Waals surface area contributed by atoms with Crippen LogP contribution in [0.2, 0.25) is 0 Å². The Hall–Kier alpha value is -3.79. The molecule has 35 heavy (non-hydrogen) atoms. The molecule has 4 rings (SSSR count). The smallest absolute Gasteiger partial charge is 0.264 e. The van der Waals surface area contributed by atoms with Crippen molar-refractivity contribution in [1.82, 2.24) is 5.32 Å². The molecule has 8 nitrogen and oxygen atoms in total. The van der Waals surface area contributed by atoms with Crippen molar-refractivity contribution in [3.8, 4) is 17.2 Å². The second-order valence-corrected chi connectivity index (χ2v) is 9.56. The van der Waals surface area contributed by atoms with Gasteiger partial charge in [-0.2, -0.15) is 0 Å². The van der Waals surface area contributed by atoms with E-state index in [0.717, 1.165) is 16.4 Å². The van der Waals surface area contributed by atoms with E-state index < -0.39 is 34.4 Å². The molecule has 1 aliphatic heterocycles. The molecule has 0 saturated carbocycles. The summed E-state index contributed by atoms with van der Waals surface area (Å²) in [5.41, 5.74) is 0.154. The normalized spacial score (nSPS) is 14.7. The molecule has 0 aromatic heterocycles. The number of amides is 1. The number of ether oxygens (including phenoxy) is 3. The van der Waals surface area contributed by atoms with Crippen LogP contribution in [0.25, 0.3) is 0 Å². The zero-order chi connectivity index (χ0) is 24.8. The Morgan fingerprint density at radius 3 is 2.43 bits per heavy atom. The number of nitrogens with one attached hydrogen (secondary N) is 1. The first-order valence-corrected chi connectivity index (χ1v) is 12.5. The number of para-hydroxylation sites is 2. The Bertz CT molecular complexity index is 1270. The van der Waals surface area contributed by atoms with Crippen LogP contribution >= 0.6 is 0 Å². The van der Waals surface area contributed by atoms with E-state index >= 15 is 0 Å². The fourth-order valence-corrected chi connectivity index (χ4v) is 4.92. The number of hydrogen-bond donors (Lipinski definition) is 1. The monoisotopic (exact) mass is 500 g/mol. The summed E-state index contributed by atoms with van der Waals surface area (Å²) in [6, 6.07) is 18.0. The van der Waals surface area contributed by atoms with Crippen molar-refractivity contribution in [3.05, 3.63) is 78.6 Å². The molecular formula is C25H25FN2O6S. The van der Waals surface area contributed by atoms with Crippen molar-refractivity contribution in [2.24, 2.45) is 0 Å². The van der Waals surface area contributed by atoms with E-state index in [0.29, 0.717) is 23.9 Å². The molecule has 3 aromatic carbocycles. The van der Waals surface area contributed by atoms with Gasteiger partial charge in [0.15, 0.2) is 11.5 Å². The summed E-state index contributed by atoms with van der Waals surface area (Å²) in [7, 11) is -4.14. The summed E-state index contributed by atoms with van der Waals surface area (Å²) in [6.07, 6.45) is -0.434. The number of benzene rings is 3. The predicted octanol–water partition coefficient (Wildman–Crippen LogP) is 3.38. The third kappa shape index (κ3) is 5.83. The first-order valence-electron chi connectivity index (χ1n) is 11.0. The minimum atomic E-state index is -4.14. The zero-order valence-corrected chi connectivity index (χ0v) is 19.8. The number of sulfonamides is 1. The molecule has 1 aliphatic rings. The molecule has 3 aromatic rings. The van der Waals surface area contributed by atoms with Crippen molar-refractivity contribution >= 4 is 21.6 Å². The Morgan fingerprint density at radius 1 is 1.06 bits per heavy atom. The number of carbonyl (C=O) groups is 1. The average molecular weight is 501 g/mol. The van der Waals surface area contributed by atoms with Gasteiger partial charge in [-0.05, 0) is 67.6 Å². The van der Waals surface area contributed by atoms with Crippen LogP contribution in [0.15, 0.2) is 77.7 Å². The van der Waals surface area contributed by atoms with E-state index in [1.807, 2.05) is 19.1 Å². The van der Waals surface area contributed by atoms with Crippen molar-refractivity contribution in [3.63, 3.8) is 0 Å². The van der Waals surface area contributed by atoms with Crippen LogP contribution in [0.1, 0.15) is 6.92 Å². The van der Waals surface area contributed by atoms with E-state index in [4.69, 9.17) is 14.2 Å². The van der Waals surface area contributed by atoms with E-state index in [9.17, 15) is 17.6 Å². The predicted molar refractivity (Wildman–Crippen MR) is 128 cm³/mol. The first kappa shape index (κ1) is 24.3. The SMILES string of the molecule is CCOc1ccc(S(=O)(=O)N(CC(=O)NC[C@H]2COc3ccccc3O2)c2ccc(F)cc2)cc1. The van der Waals surface area contributed by atoms with Crippen LogP contribution in [-0.4, -0.2) is 46.7 Å². The lowest BCUT2D eigenvalue weighted by atomic mass is 10.2. The summed E-state index contributed by atoms with van der Waals surface area (Å²) in [6.45, 7) is 2.11. The van der Waals surface area contributed by atoms with Gasteiger partial charge in [0.2, 0.25) is 5.91 Å². The largest absolute Gasteiger partial charge is 0.494 e. The molecule has 0 aliphatic carbocycles.